The summed E-state index contributed by atoms with van der Waals surface area (Å²) >= 11 is 0. The number of hydrogen-bond acceptors (Lipinski definition) is 4. The van der Waals surface area contributed by atoms with E-state index in [1.807, 2.05) is 12.1 Å². The molecule has 1 aromatic heterocycles. The smallest absolute Gasteiger partial charge is 0.128 e. The molecule has 0 aliphatic carbocycles. The maximum atomic E-state index is 9.48. The van der Waals surface area contributed by atoms with Gasteiger partial charge in [0.15, 0.2) is 0 Å². The van der Waals surface area contributed by atoms with Gasteiger partial charge in [-0.05, 0) is 39.3 Å². The van der Waals surface area contributed by atoms with E-state index < -0.39 is 6.10 Å². The molecule has 4 nitrogen and oxygen atoms in total. The fourth-order valence-corrected chi connectivity index (χ4v) is 2.46. The molecule has 0 radical (unpaired) electrons. The number of ether oxygens (including phenoxy) is 1. The van der Waals surface area contributed by atoms with Crippen LogP contribution in [0, 0.1) is 0 Å². The first kappa shape index (κ1) is 13.3. The average Bonchev–Trinajstić information content (AvgIpc) is 2.26. The number of hydrogen-bond donors (Lipinski definition) is 1. The van der Waals surface area contributed by atoms with E-state index in [0.29, 0.717) is 0 Å². The number of rotatable bonds is 2. The summed E-state index contributed by atoms with van der Waals surface area (Å²) < 4.78 is 5.88. The van der Waals surface area contributed by atoms with Crippen molar-refractivity contribution in [1.29, 1.82) is 0 Å². The van der Waals surface area contributed by atoms with E-state index in [0.717, 1.165) is 24.5 Å². The second kappa shape index (κ2) is 4.86. The molecule has 1 aliphatic heterocycles. The molecule has 0 spiro atoms. The van der Waals surface area contributed by atoms with Crippen molar-refractivity contribution in [3.05, 3.63) is 23.9 Å². The molecule has 1 aromatic rings. The molecular formula is C14H22N2O2. The zero-order valence-electron chi connectivity index (χ0n) is 11.6. The lowest BCUT2D eigenvalue weighted by atomic mass is 10.1. The van der Waals surface area contributed by atoms with E-state index in [4.69, 9.17) is 4.74 Å². The highest BCUT2D eigenvalue weighted by molar-refractivity contribution is 5.41. The molecule has 0 bridgehead atoms. The third-order valence-electron chi connectivity index (χ3n) is 3.15. The molecule has 2 unspecified atom stereocenters. The molecule has 0 amide bonds. The lowest BCUT2D eigenvalue weighted by molar-refractivity contribution is -0.0751. The van der Waals surface area contributed by atoms with Crippen molar-refractivity contribution in [2.24, 2.45) is 0 Å². The fraction of sp³-hybridized carbons (Fsp3) is 0.643. The summed E-state index contributed by atoms with van der Waals surface area (Å²) in [5, 5.41) is 9.48. The third kappa shape index (κ3) is 3.00. The highest BCUT2D eigenvalue weighted by Gasteiger charge is 2.31. The second-order valence-electron chi connectivity index (χ2n) is 5.69. The molecule has 1 fully saturated rings. The lowest BCUT2D eigenvalue weighted by Crippen LogP contribution is -2.52. The van der Waals surface area contributed by atoms with E-state index >= 15 is 0 Å². The van der Waals surface area contributed by atoms with Crippen LogP contribution in [0.4, 0.5) is 5.82 Å². The Morgan fingerprint density at radius 2 is 2.22 bits per heavy atom. The number of aliphatic hydroxyl groups excluding tert-OH is 1. The van der Waals surface area contributed by atoms with Gasteiger partial charge in [-0.2, -0.15) is 0 Å². The van der Waals surface area contributed by atoms with Crippen molar-refractivity contribution in [1.82, 2.24) is 4.98 Å². The van der Waals surface area contributed by atoms with Gasteiger partial charge in [-0.25, -0.2) is 4.98 Å². The summed E-state index contributed by atoms with van der Waals surface area (Å²) in [4.78, 5) is 6.67. The van der Waals surface area contributed by atoms with Gasteiger partial charge in [-0.3, -0.25) is 0 Å². The van der Waals surface area contributed by atoms with Crippen LogP contribution >= 0.6 is 0 Å². The van der Waals surface area contributed by atoms with Crippen LogP contribution in [0.1, 0.15) is 39.4 Å². The Morgan fingerprint density at radius 1 is 1.50 bits per heavy atom. The van der Waals surface area contributed by atoms with Gasteiger partial charge < -0.3 is 14.7 Å². The first-order valence-corrected chi connectivity index (χ1v) is 6.44. The minimum atomic E-state index is -0.466. The number of aliphatic hydroxyl groups is 1. The van der Waals surface area contributed by atoms with Gasteiger partial charge in [0.25, 0.3) is 0 Å². The Labute approximate surface area is 109 Å². The van der Waals surface area contributed by atoms with E-state index in [-0.39, 0.29) is 11.7 Å². The van der Waals surface area contributed by atoms with Crippen LogP contribution in [0.15, 0.2) is 18.3 Å². The SMILES string of the molecule is CC1CN(c2ccc(C(C)O)cn2)CC(C)(C)O1. The topological polar surface area (TPSA) is 45.6 Å². The highest BCUT2D eigenvalue weighted by atomic mass is 16.5. The average molecular weight is 250 g/mol. The summed E-state index contributed by atoms with van der Waals surface area (Å²) in [6.07, 6.45) is 1.48. The van der Waals surface area contributed by atoms with Gasteiger partial charge in [0.2, 0.25) is 0 Å². The van der Waals surface area contributed by atoms with Crippen LogP contribution in [0.25, 0.3) is 0 Å². The van der Waals surface area contributed by atoms with Crippen molar-refractivity contribution in [3.63, 3.8) is 0 Å². The van der Waals surface area contributed by atoms with Gasteiger partial charge in [-0.1, -0.05) is 6.07 Å². The molecule has 100 valence electrons. The van der Waals surface area contributed by atoms with Gasteiger partial charge in [0, 0.05) is 19.3 Å². The minimum absolute atomic E-state index is 0.151. The number of nitrogens with zero attached hydrogens (tertiary/aromatic N) is 2. The van der Waals surface area contributed by atoms with Crippen LogP contribution in [0.5, 0.6) is 0 Å². The Kier molecular flexibility index (Phi) is 3.59. The number of aromatic nitrogens is 1. The Balaban J connectivity index is 2.15. The van der Waals surface area contributed by atoms with Gasteiger partial charge in [-0.15, -0.1) is 0 Å². The van der Waals surface area contributed by atoms with Crippen molar-refractivity contribution in [3.8, 4) is 0 Å². The minimum Gasteiger partial charge on any atom is -0.389 e. The molecule has 0 saturated carbocycles. The Bertz CT molecular complexity index is 401. The van der Waals surface area contributed by atoms with Crippen molar-refractivity contribution >= 4 is 5.82 Å². The molecule has 1 N–H and O–H groups in total. The van der Waals surface area contributed by atoms with Crippen LogP contribution in [-0.4, -0.2) is 34.9 Å². The molecule has 1 saturated heterocycles. The molecule has 1 aliphatic rings. The third-order valence-corrected chi connectivity index (χ3v) is 3.15. The summed E-state index contributed by atoms with van der Waals surface area (Å²) in [6.45, 7) is 9.71. The molecule has 0 aromatic carbocycles. The lowest BCUT2D eigenvalue weighted by Gasteiger charge is -2.42. The largest absolute Gasteiger partial charge is 0.389 e. The zero-order chi connectivity index (χ0) is 13.3. The normalized spacial score (nSPS) is 24.9. The van der Waals surface area contributed by atoms with Gasteiger partial charge in [0.05, 0.1) is 17.8 Å². The zero-order valence-corrected chi connectivity index (χ0v) is 11.6. The first-order valence-electron chi connectivity index (χ1n) is 6.44. The summed E-state index contributed by atoms with van der Waals surface area (Å²) in [6, 6.07) is 3.90. The molecule has 2 heterocycles. The van der Waals surface area contributed by atoms with Crippen LogP contribution in [0.2, 0.25) is 0 Å². The monoisotopic (exact) mass is 250 g/mol. The van der Waals surface area contributed by atoms with E-state index in [1.54, 1.807) is 13.1 Å². The predicted molar refractivity (Wildman–Crippen MR) is 71.7 cm³/mol. The highest BCUT2D eigenvalue weighted by Crippen LogP contribution is 2.25. The molecule has 18 heavy (non-hydrogen) atoms. The molecule has 2 atom stereocenters. The molecule has 2 rings (SSSR count). The molecule has 4 heteroatoms. The van der Waals surface area contributed by atoms with E-state index in [1.165, 1.54) is 0 Å². The molecular weight excluding hydrogens is 228 g/mol. The van der Waals surface area contributed by atoms with Gasteiger partial charge >= 0.3 is 0 Å². The number of anilines is 1. The maximum Gasteiger partial charge on any atom is 0.128 e. The Hall–Kier alpha value is -1.13. The van der Waals surface area contributed by atoms with E-state index in [9.17, 15) is 5.11 Å². The van der Waals surface area contributed by atoms with Crippen molar-refractivity contribution in [2.45, 2.75) is 45.5 Å². The first-order chi connectivity index (χ1) is 8.37. The summed E-state index contributed by atoms with van der Waals surface area (Å²) in [5.74, 6) is 0.947. The van der Waals surface area contributed by atoms with Crippen molar-refractivity contribution in [2.75, 3.05) is 18.0 Å². The van der Waals surface area contributed by atoms with Crippen LogP contribution < -0.4 is 4.90 Å². The van der Waals surface area contributed by atoms with E-state index in [2.05, 4.69) is 30.7 Å². The standard InChI is InChI=1S/C14H22N2O2/c1-10-8-16(9-14(3,4)18-10)13-6-5-12(7-15-13)11(2)17/h5-7,10-11,17H,8-9H2,1-4H3. The van der Waals surface area contributed by atoms with Crippen LogP contribution in [0.3, 0.4) is 0 Å². The predicted octanol–water partition coefficient (Wildman–Crippen LogP) is 2.14. The number of pyridine rings is 1. The van der Waals surface area contributed by atoms with Crippen molar-refractivity contribution < 1.29 is 9.84 Å². The fourth-order valence-electron chi connectivity index (χ4n) is 2.46. The van der Waals surface area contributed by atoms with Gasteiger partial charge in [0.1, 0.15) is 5.82 Å². The summed E-state index contributed by atoms with van der Waals surface area (Å²) in [7, 11) is 0. The quantitative estimate of drug-likeness (QED) is 0.873. The summed E-state index contributed by atoms with van der Waals surface area (Å²) in [5.41, 5.74) is 0.696. The maximum absolute atomic E-state index is 9.48. The number of morpholine rings is 1. The van der Waals surface area contributed by atoms with Crippen LogP contribution in [-0.2, 0) is 4.74 Å². The Morgan fingerprint density at radius 3 is 2.72 bits per heavy atom. The second-order valence-corrected chi connectivity index (χ2v) is 5.69.